The molecule has 6 aromatic rings. The Hall–Kier alpha value is -4.00. The van der Waals surface area contributed by atoms with E-state index >= 15 is 0 Å². The quantitative estimate of drug-likeness (QED) is 0.0997. The predicted molar refractivity (Wildman–Crippen MR) is 155 cm³/mol. The molecule has 44 heavy (non-hydrogen) atoms. The van der Waals surface area contributed by atoms with Gasteiger partial charge in [-0.15, -0.1) is 0 Å². The molecule has 6 rings (SSSR count). The van der Waals surface area contributed by atoms with Crippen LogP contribution in [0, 0.1) is 0 Å². The van der Waals surface area contributed by atoms with Crippen molar-refractivity contribution in [2.45, 2.75) is 0 Å². The SMILES string of the molecule is Brc1nnc(-c2ccccn2)[n-]1.F[P-](F)(F)(F)(F)F.[Ru+2].c1ccc(-c2ccccn2)nc1.c1ccc(-c2ccccn2)nc1. The van der Waals surface area contributed by atoms with E-state index in [2.05, 4.69) is 56.0 Å². The molecule has 0 fully saturated rings. The number of rotatable bonds is 3. The molecule has 0 aromatic carbocycles. The average molecular weight is 782 g/mol. The first-order chi connectivity index (χ1) is 20.2. The van der Waals surface area contributed by atoms with Gasteiger partial charge in [0, 0.05) is 36.8 Å². The number of hydrogen-bond donors (Lipinski definition) is 0. The molecule has 6 heterocycles. The molecular formula is C27H20BrF6N8PRu. The van der Waals surface area contributed by atoms with Crippen molar-refractivity contribution in [1.82, 2.24) is 40.1 Å². The minimum atomic E-state index is -10.7. The first-order valence-corrected chi connectivity index (χ1v) is 14.7. The molecule has 6 aromatic heterocycles. The number of pyridine rings is 5. The maximum absolute atomic E-state index is 10.7. The Balaban J connectivity index is 0.000000207. The summed E-state index contributed by atoms with van der Waals surface area (Å²) in [5.41, 5.74) is 4.39. The van der Waals surface area contributed by atoms with Crippen molar-refractivity contribution in [3.05, 3.63) is 127 Å². The molecule has 230 valence electrons. The van der Waals surface area contributed by atoms with Crippen molar-refractivity contribution in [1.29, 1.82) is 0 Å². The zero-order valence-corrected chi connectivity index (χ0v) is 26.3. The summed E-state index contributed by atoms with van der Waals surface area (Å²) < 4.78 is 59.7. The van der Waals surface area contributed by atoms with Gasteiger partial charge in [0.15, 0.2) is 0 Å². The minimum Gasteiger partial charge on any atom is -0.255 e. The van der Waals surface area contributed by atoms with E-state index < -0.39 is 7.81 Å². The van der Waals surface area contributed by atoms with Crippen molar-refractivity contribution < 1.29 is 44.7 Å². The zero-order valence-electron chi connectivity index (χ0n) is 22.1. The maximum Gasteiger partial charge on any atom is 2.00 e. The van der Waals surface area contributed by atoms with Crippen LogP contribution in [0.1, 0.15) is 0 Å². The summed E-state index contributed by atoms with van der Waals surface area (Å²) in [7, 11) is -10.7. The van der Waals surface area contributed by atoms with E-state index in [-0.39, 0.29) is 19.5 Å². The number of aromatic nitrogens is 8. The fourth-order valence-corrected chi connectivity index (χ4v) is 3.13. The normalized spacial score (nSPS) is 11.7. The van der Waals surface area contributed by atoms with Crippen LogP contribution in [0.15, 0.2) is 127 Å². The van der Waals surface area contributed by atoms with Crippen LogP contribution in [0.4, 0.5) is 25.2 Å². The van der Waals surface area contributed by atoms with E-state index in [1.165, 1.54) is 0 Å². The predicted octanol–water partition coefficient (Wildman–Crippen LogP) is 8.93. The molecule has 17 heteroatoms. The second kappa shape index (κ2) is 15.6. The summed E-state index contributed by atoms with van der Waals surface area (Å²) in [6.07, 6.45) is 8.77. The van der Waals surface area contributed by atoms with Gasteiger partial charge in [0.05, 0.1) is 33.2 Å². The van der Waals surface area contributed by atoms with Gasteiger partial charge in [-0.25, -0.2) is 0 Å². The molecule has 0 radical (unpaired) electrons. The van der Waals surface area contributed by atoms with E-state index in [1.54, 1.807) is 31.0 Å². The summed E-state index contributed by atoms with van der Waals surface area (Å²) >= 11 is 3.12. The van der Waals surface area contributed by atoms with Gasteiger partial charge in [-0.1, -0.05) is 30.3 Å². The molecule has 0 unspecified atom stereocenters. The standard InChI is InChI=1S/2C10H8N2.C7H4BrN4.F6P.Ru/c2*1-3-7-11-9(5-1)10-6-2-4-8-12-10;8-7-10-6(11-12-7)5-3-1-2-4-9-5;1-7(2,3,4,5)6;/h2*1-8H;1-4H;;/q;;2*-1;+2. The Bertz CT molecular complexity index is 1500. The van der Waals surface area contributed by atoms with E-state index in [0.29, 0.717) is 10.6 Å². The Morgan fingerprint density at radius 3 is 0.932 bits per heavy atom. The van der Waals surface area contributed by atoms with Gasteiger partial charge in [0.1, 0.15) is 0 Å². The first kappa shape index (κ1) is 36.2. The molecule has 0 bridgehead atoms. The average Bonchev–Trinajstić information content (AvgIpc) is 3.45. The van der Waals surface area contributed by atoms with Crippen LogP contribution in [0.5, 0.6) is 0 Å². The van der Waals surface area contributed by atoms with E-state index in [9.17, 15) is 25.2 Å². The molecule has 0 atom stereocenters. The van der Waals surface area contributed by atoms with Crippen LogP contribution in [0.2, 0.25) is 0 Å². The molecule has 0 aliphatic rings. The maximum atomic E-state index is 9.87. The number of hydrogen-bond acceptors (Lipinski definition) is 7. The van der Waals surface area contributed by atoms with Gasteiger partial charge < -0.3 is 15.2 Å². The van der Waals surface area contributed by atoms with Gasteiger partial charge in [-0.2, -0.15) is 0 Å². The van der Waals surface area contributed by atoms with Gasteiger partial charge in [0.2, 0.25) is 0 Å². The summed E-state index contributed by atoms with van der Waals surface area (Å²) in [6.45, 7) is 0. The molecular weight excluding hydrogens is 762 g/mol. The first-order valence-electron chi connectivity index (χ1n) is 11.9. The monoisotopic (exact) mass is 782 g/mol. The second-order valence-corrected chi connectivity index (χ2v) is 10.6. The number of nitrogens with zero attached hydrogens (tertiary/aromatic N) is 8. The smallest absolute Gasteiger partial charge is 0.255 e. The van der Waals surface area contributed by atoms with Crippen molar-refractivity contribution in [2.75, 3.05) is 0 Å². The molecule has 8 nitrogen and oxygen atoms in total. The van der Waals surface area contributed by atoms with Gasteiger partial charge in [-0.05, 0) is 76.6 Å². The minimum absolute atomic E-state index is 0. The van der Waals surface area contributed by atoms with Crippen LogP contribution in [-0.2, 0) is 19.5 Å². The van der Waals surface area contributed by atoms with Crippen LogP contribution in [-0.4, -0.2) is 35.1 Å². The van der Waals surface area contributed by atoms with E-state index in [0.717, 1.165) is 28.5 Å². The molecule has 0 aliphatic heterocycles. The van der Waals surface area contributed by atoms with Crippen LogP contribution >= 0.6 is 23.7 Å². The third-order valence-corrected chi connectivity index (χ3v) is 4.84. The van der Waals surface area contributed by atoms with Crippen LogP contribution in [0.3, 0.4) is 0 Å². The van der Waals surface area contributed by atoms with Crippen molar-refractivity contribution >= 4 is 23.7 Å². The second-order valence-electron chi connectivity index (χ2n) is 7.94. The molecule has 0 spiro atoms. The largest absolute Gasteiger partial charge is 2.00 e. The van der Waals surface area contributed by atoms with E-state index in [4.69, 9.17) is 0 Å². The molecule has 0 N–H and O–H groups in total. The Morgan fingerprint density at radius 2 is 0.727 bits per heavy atom. The van der Waals surface area contributed by atoms with Crippen molar-refractivity contribution in [3.8, 4) is 34.3 Å². The molecule has 0 saturated carbocycles. The summed E-state index contributed by atoms with van der Waals surface area (Å²) in [6, 6.07) is 28.8. The van der Waals surface area contributed by atoms with Crippen LogP contribution < -0.4 is 4.98 Å². The van der Waals surface area contributed by atoms with Crippen molar-refractivity contribution in [3.63, 3.8) is 0 Å². The van der Waals surface area contributed by atoms with Gasteiger partial charge in [0.25, 0.3) is 0 Å². The van der Waals surface area contributed by atoms with Crippen LogP contribution in [0.25, 0.3) is 34.3 Å². The number of halogens is 7. The molecule has 0 aliphatic carbocycles. The summed E-state index contributed by atoms with van der Waals surface area (Å²) in [4.78, 5) is 24.8. The fourth-order valence-electron chi connectivity index (χ4n) is 2.88. The Morgan fingerprint density at radius 1 is 0.455 bits per heavy atom. The molecule has 0 amide bonds. The molecule has 0 saturated heterocycles. The zero-order chi connectivity index (χ0) is 31.2. The van der Waals surface area contributed by atoms with Crippen molar-refractivity contribution in [2.24, 2.45) is 0 Å². The summed E-state index contributed by atoms with van der Waals surface area (Å²) in [5, 5.41) is 7.52. The summed E-state index contributed by atoms with van der Waals surface area (Å²) in [5.74, 6) is 0.544. The van der Waals surface area contributed by atoms with E-state index in [1.807, 2.05) is 91.0 Å². The third kappa shape index (κ3) is 16.0. The topological polar surface area (TPSA) is 104 Å². The Kier molecular flexibility index (Phi) is 12.9. The van der Waals surface area contributed by atoms with Gasteiger partial charge in [-0.3, -0.25) is 24.9 Å². The fraction of sp³-hybridized carbons (Fsp3) is 0. The van der Waals surface area contributed by atoms with Gasteiger partial charge >= 0.3 is 52.5 Å². The Labute approximate surface area is 268 Å². The third-order valence-electron chi connectivity index (χ3n) is 4.50.